The Kier molecular flexibility index (Phi) is 4.74. The average Bonchev–Trinajstić information content (AvgIpc) is 3.09. The van der Waals surface area contributed by atoms with Gasteiger partial charge in [0.15, 0.2) is 0 Å². The molecule has 5 nitrogen and oxygen atoms in total. The quantitative estimate of drug-likeness (QED) is 0.664. The Balaban J connectivity index is 1.92. The lowest BCUT2D eigenvalue weighted by molar-refractivity contribution is -0.121. The molecule has 2 atom stereocenters. The summed E-state index contributed by atoms with van der Waals surface area (Å²) in [6.45, 7) is 1.90. The first-order valence-corrected chi connectivity index (χ1v) is 9.41. The molecule has 1 aliphatic heterocycles. The van der Waals surface area contributed by atoms with Crippen molar-refractivity contribution in [2.75, 3.05) is 17.7 Å². The van der Waals surface area contributed by atoms with Crippen molar-refractivity contribution in [3.63, 3.8) is 0 Å². The molecule has 2 heterocycles. The van der Waals surface area contributed by atoms with E-state index in [1.54, 1.807) is 19.5 Å². The predicted molar refractivity (Wildman–Crippen MR) is 111 cm³/mol. The molecule has 142 valence electrons. The molecular formula is C23H23N3O2. The molecule has 28 heavy (non-hydrogen) atoms. The summed E-state index contributed by atoms with van der Waals surface area (Å²) in [4.78, 5) is 17.4. The summed E-state index contributed by atoms with van der Waals surface area (Å²) in [7, 11) is 1.64. The van der Waals surface area contributed by atoms with E-state index in [-0.39, 0.29) is 5.78 Å². The molecule has 0 saturated heterocycles. The minimum absolute atomic E-state index is 0.156. The summed E-state index contributed by atoms with van der Waals surface area (Å²) in [6, 6.07) is 19.7. The van der Waals surface area contributed by atoms with E-state index in [0.29, 0.717) is 6.42 Å². The monoisotopic (exact) mass is 373 g/mol. The number of rotatable bonds is 6. The average molecular weight is 373 g/mol. The number of nitrogens with one attached hydrogen (secondary N) is 2. The normalized spacial score (nSPS) is 20.1. The molecule has 0 aliphatic carbocycles. The summed E-state index contributed by atoms with van der Waals surface area (Å²) >= 11 is 0. The number of benzene rings is 2. The van der Waals surface area contributed by atoms with Crippen LogP contribution in [0.3, 0.4) is 0 Å². The summed E-state index contributed by atoms with van der Waals surface area (Å²) < 4.78 is 5.55. The van der Waals surface area contributed by atoms with Crippen LogP contribution in [0.2, 0.25) is 0 Å². The Morgan fingerprint density at radius 1 is 1.14 bits per heavy atom. The first kappa shape index (κ1) is 18.0. The maximum Gasteiger partial charge on any atom is 0.149 e. The topological polar surface area (TPSA) is 63.2 Å². The maximum absolute atomic E-state index is 13.2. The number of ether oxygens (including phenoxy) is 1. The molecule has 0 fully saturated rings. The molecular weight excluding hydrogens is 350 g/mol. The van der Waals surface area contributed by atoms with E-state index < -0.39 is 11.6 Å². The van der Waals surface area contributed by atoms with Crippen LogP contribution in [-0.4, -0.2) is 17.9 Å². The van der Waals surface area contributed by atoms with E-state index in [2.05, 4.69) is 15.6 Å². The number of carbonyl (C=O) groups excluding carboxylic acids is 1. The smallest absolute Gasteiger partial charge is 0.149 e. The van der Waals surface area contributed by atoms with Gasteiger partial charge in [0.2, 0.25) is 0 Å². The molecule has 2 unspecified atom stereocenters. The fraction of sp³-hybridized carbons (Fsp3) is 0.217. The van der Waals surface area contributed by atoms with Crippen LogP contribution in [0.25, 0.3) is 0 Å². The lowest BCUT2D eigenvalue weighted by Gasteiger charge is -2.38. The summed E-state index contributed by atoms with van der Waals surface area (Å²) in [6.07, 6.45) is 3.96. The van der Waals surface area contributed by atoms with E-state index >= 15 is 0 Å². The Bertz CT molecular complexity index is 990. The van der Waals surface area contributed by atoms with E-state index in [0.717, 1.165) is 28.3 Å². The lowest BCUT2D eigenvalue weighted by atomic mass is 9.80. The van der Waals surface area contributed by atoms with Crippen molar-refractivity contribution in [3.05, 3.63) is 84.2 Å². The molecule has 0 radical (unpaired) electrons. The first-order chi connectivity index (χ1) is 13.7. The molecule has 0 spiro atoms. The van der Waals surface area contributed by atoms with Crippen LogP contribution >= 0.6 is 0 Å². The minimum atomic E-state index is -0.839. The zero-order valence-electron chi connectivity index (χ0n) is 16.0. The van der Waals surface area contributed by atoms with Gasteiger partial charge in [0.05, 0.1) is 30.6 Å². The molecule has 0 amide bonds. The molecule has 5 heteroatoms. The number of para-hydroxylation sites is 2. The second kappa shape index (κ2) is 7.35. The number of Topliss-reactive ketones (excluding diaryl/α,β-unsaturated/α-hetero) is 1. The Morgan fingerprint density at radius 3 is 2.64 bits per heavy atom. The standard InChI is InChI=1S/C23H23N3O2/c1-3-20(27)22-17-13-14-24-15-19(17)26-23(22,16-9-5-4-6-10-16)25-18-11-7-8-12-21(18)28-2/h4-15,22,25-26H,3H2,1-2H3. The third kappa shape index (κ3) is 2.89. The number of hydrogen-bond donors (Lipinski definition) is 2. The van der Waals surface area contributed by atoms with Crippen LogP contribution in [0.15, 0.2) is 73.1 Å². The van der Waals surface area contributed by atoms with E-state index in [9.17, 15) is 4.79 Å². The van der Waals surface area contributed by atoms with Crippen molar-refractivity contribution in [1.82, 2.24) is 4.98 Å². The fourth-order valence-electron chi connectivity index (χ4n) is 3.97. The highest BCUT2D eigenvalue weighted by Gasteiger charge is 2.51. The second-order valence-corrected chi connectivity index (χ2v) is 6.84. The van der Waals surface area contributed by atoms with Gasteiger partial charge in [0.25, 0.3) is 0 Å². The summed E-state index contributed by atoms with van der Waals surface area (Å²) in [5, 5.41) is 7.20. The highest BCUT2D eigenvalue weighted by Crippen LogP contribution is 2.50. The number of hydrogen-bond acceptors (Lipinski definition) is 5. The highest BCUT2D eigenvalue weighted by atomic mass is 16.5. The van der Waals surface area contributed by atoms with Crippen molar-refractivity contribution in [1.29, 1.82) is 0 Å². The SMILES string of the molecule is CCC(=O)C1c2ccncc2NC1(Nc1ccccc1OC)c1ccccc1. The van der Waals surface area contributed by atoms with E-state index in [1.165, 1.54) is 0 Å². The molecule has 0 bridgehead atoms. The van der Waals surface area contributed by atoms with Crippen LogP contribution in [-0.2, 0) is 10.5 Å². The molecule has 1 aliphatic rings. The number of aromatic nitrogens is 1. The van der Waals surface area contributed by atoms with E-state index in [4.69, 9.17) is 4.74 Å². The Morgan fingerprint density at radius 2 is 1.89 bits per heavy atom. The van der Waals surface area contributed by atoms with Gasteiger partial charge in [-0.15, -0.1) is 0 Å². The number of fused-ring (bicyclic) bond motifs is 1. The zero-order valence-corrected chi connectivity index (χ0v) is 16.0. The zero-order chi connectivity index (χ0) is 19.6. The predicted octanol–water partition coefficient (Wildman–Crippen LogP) is 4.54. The van der Waals surface area contributed by atoms with Crippen molar-refractivity contribution < 1.29 is 9.53 Å². The van der Waals surface area contributed by atoms with Crippen LogP contribution in [0.4, 0.5) is 11.4 Å². The molecule has 3 aromatic rings. The molecule has 2 aromatic carbocycles. The van der Waals surface area contributed by atoms with Gasteiger partial charge in [-0.25, -0.2) is 0 Å². The maximum atomic E-state index is 13.2. The van der Waals surface area contributed by atoms with Crippen molar-refractivity contribution in [3.8, 4) is 5.75 Å². The van der Waals surface area contributed by atoms with Gasteiger partial charge >= 0.3 is 0 Å². The molecule has 4 rings (SSSR count). The molecule has 0 saturated carbocycles. The summed E-state index contributed by atoms with van der Waals surface area (Å²) in [5.74, 6) is 0.475. The number of carbonyl (C=O) groups is 1. The third-order valence-electron chi connectivity index (χ3n) is 5.27. The number of pyridine rings is 1. The van der Waals surface area contributed by atoms with Crippen LogP contribution in [0.5, 0.6) is 5.75 Å². The summed E-state index contributed by atoms with van der Waals surface area (Å²) in [5.41, 5.74) is 2.77. The van der Waals surface area contributed by atoms with Gasteiger partial charge in [-0.2, -0.15) is 0 Å². The van der Waals surface area contributed by atoms with E-state index in [1.807, 2.05) is 67.6 Å². The van der Waals surface area contributed by atoms with Gasteiger partial charge in [0.1, 0.15) is 17.2 Å². The fourth-order valence-corrected chi connectivity index (χ4v) is 3.97. The van der Waals surface area contributed by atoms with Crippen LogP contribution in [0.1, 0.15) is 30.4 Å². The van der Waals surface area contributed by atoms with Crippen LogP contribution < -0.4 is 15.4 Å². The molecule has 2 N–H and O–H groups in total. The highest BCUT2D eigenvalue weighted by molar-refractivity contribution is 5.93. The van der Waals surface area contributed by atoms with Gasteiger partial charge < -0.3 is 15.4 Å². The number of anilines is 2. The third-order valence-corrected chi connectivity index (χ3v) is 5.27. The van der Waals surface area contributed by atoms with Crippen molar-refractivity contribution >= 4 is 17.2 Å². The number of nitrogens with zero attached hydrogens (tertiary/aromatic N) is 1. The van der Waals surface area contributed by atoms with Gasteiger partial charge in [-0.1, -0.05) is 49.4 Å². The second-order valence-electron chi connectivity index (χ2n) is 6.84. The lowest BCUT2D eigenvalue weighted by Crippen LogP contribution is -2.47. The first-order valence-electron chi connectivity index (χ1n) is 9.41. The molecule has 1 aromatic heterocycles. The number of methoxy groups -OCH3 is 1. The Hall–Kier alpha value is -3.34. The Labute approximate surface area is 164 Å². The van der Waals surface area contributed by atoms with Crippen molar-refractivity contribution in [2.45, 2.75) is 24.9 Å². The minimum Gasteiger partial charge on any atom is -0.495 e. The van der Waals surface area contributed by atoms with Crippen molar-refractivity contribution in [2.24, 2.45) is 0 Å². The van der Waals surface area contributed by atoms with Gasteiger partial charge in [0, 0.05) is 12.6 Å². The largest absolute Gasteiger partial charge is 0.495 e. The van der Waals surface area contributed by atoms with Gasteiger partial charge in [-0.3, -0.25) is 9.78 Å². The number of ketones is 1. The van der Waals surface area contributed by atoms with Gasteiger partial charge in [-0.05, 0) is 29.3 Å². The van der Waals surface area contributed by atoms with Crippen LogP contribution in [0, 0.1) is 0 Å².